The van der Waals surface area contributed by atoms with E-state index in [0.717, 1.165) is 6.54 Å². The van der Waals surface area contributed by atoms with Crippen molar-refractivity contribution in [2.24, 2.45) is 0 Å². The predicted molar refractivity (Wildman–Crippen MR) is 64.4 cm³/mol. The van der Waals surface area contributed by atoms with E-state index in [1.165, 1.54) is 32.1 Å². The van der Waals surface area contributed by atoms with E-state index in [9.17, 15) is 4.79 Å². The number of nitrogens with one attached hydrogen (secondary N) is 1. The van der Waals surface area contributed by atoms with Crippen molar-refractivity contribution in [1.82, 2.24) is 5.32 Å². The van der Waals surface area contributed by atoms with E-state index in [1.54, 1.807) is 0 Å². The van der Waals surface area contributed by atoms with Crippen molar-refractivity contribution < 1.29 is 9.53 Å². The van der Waals surface area contributed by atoms with Gasteiger partial charge in [-0.05, 0) is 26.0 Å². The first kappa shape index (κ1) is 12.7. The van der Waals surface area contributed by atoms with Crippen molar-refractivity contribution in [3.05, 3.63) is 0 Å². The molecule has 1 amide bonds. The van der Waals surface area contributed by atoms with Crippen LogP contribution in [0.4, 0.5) is 4.79 Å². The van der Waals surface area contributed by atoms with Gasteiger partial charge in [0.05, 0.1) is 6.61 Å². The first-order chi connectivity index (χ1) is 7.22. The van der Waals surface area contributed by atoms with Gasteiger partial charge in [-0.3, -0.25) is 0 Å². The van der Waals surface area contributed by atoms with E-state index in [0.29, 0.717) is 6.61 Å². The van der Waals surface area contributed by atoms with Crippen LogP contribution in [-0.4, -0.2) is 30.2 Å². The number of carbonyl (C=O) groups is 1. The smallest absolute Gasteiger partial charge is 0.407 e. The highest BCUT2D eigenvalue weighted by molar-refractivity contribution is 8.00. The molecule has 1 N–H and O–H groups in total. The third-order valence-corrected chi connectivity index (χ3v) is 4.45. The number of alkyl carbamates (subject to hydrolysis) is 1. The number of thioether (sulfide) groups is 1. The fourth-order valence-electron chi connectivity index (χ4n) is 2.06. The largest absolute Gasteiger partial charge is 0.450 e. The number of hydrogen-bond acceptors (Lipinski definition) is 3. The topological polar surface area (TPSA) is 38.3 Å². The average molecular weight is 231 g/mol. The van der Waals surface area contributed by atoms with Gasteiger partial charge in [-0.15, -0.1) is 0 Å². The summed E-state index contributed by atoms with van der Waals surface area (Å²) >= 11 is 1.88. The van der Waals surface area contributed by atoms with Crippen molar-refractivity contribution in [3.8, 4) is 0 Å². The first-order valence-electron chi connectivity index (χ1n) is 5.68. The van der Waals surface area contributed by atoms with Gasteiger partial charge in [0.25, 0.3) is 0 Å². The maximum Gasteiger partial charge on any atom is 0.407 e. The summed E-state index contributed by atoms with van der Waals surface area (Å²) in [4.78, 5) is 11.2. The van der Waals surface area contributed by atoms with Crippen LogP contribution in [0.2, 0.25) is 0 Å². The van der Waals surface area contributed by atoms with E-state index < -0.39 is 0 Å². The molecule has 0 bridgehead atoms. The van der Waals surface area contributed by atoms with E-state index in [2.05, 4.69) is 11.6 Å². The maximum absolute atomic E-state index is 11.2. The highest BCUT2D eigenvalue weighted by Gasteiger charge is 2.31. The normalized spacial score (nSPS) is 19.6. The lowest BCUT2D eigenvalue weighted by Crippen LogP contribution is -2.41. The van der Waals surface area contributed by atoms with Gasteiger partial charge >= 0.3 is 6.09 Å². The Hall–Kier alpha value is -0.380. The molecule has 3 nitrogen and oxygen atoms in total. The van der Waals surface area contributed by atoms with Crippen molar-refractivity contribution >= 4 is 17.9 Å². The molecule has 0 radical (unpaired) electrons. The Morgan fingerprint density at radius 3 is 2.60 bits per heavy atom. The van der Waals surface area contributed by atoms with E-state index in [-0.39, 0.29) is 10.8 Å². The standard InChI is InChI=1S/C11H21NO2S/c1-3-14-10(13)12-9-11(15-2)7-5-4-6-8-11/h3-9H2,1-2H3,(H,12,13). The summed E-state index contributed by atoms with van der Waals surface area (Å²) in [5, 5.41) is 2.86. The van der Waals surface area contributed by atoms with Gasteiger partial charge in [0, 0.05) is 11.3 Å². The Balaban J connectivity index is 2.35. The molecule has 15 heavy (non-hydrogen) atoms. The van der Waals surface area contributed by atoms with Gasteiger partial charge in [0.1, 0.15) is 0 Å². The molecule has 0 unspecified atom stereocenters. The van der Waals surface area contributed by atoms with Crippen LogP contribution in [0.5, 0.6) is 0 Å². The minimum atomic E-state index is -0.281. The molecule has 4 heteroatoms. The third-order valence-electron chi connectivity index (χ3n) is 3.03. The summed E-state index contributed by atoms with van der Waals surface area (Å²) in [6, 6.07) is 0. The monoisotopic (exact) mass is 231 g/mol. The van der Waals surface area contributed by atoms with Gasteiger partial charge in [-0.2, -0.15) is 11.8 Å². The molecule has 0 atom stereocenters. The zero-order chi connectivity index (χ0) is 11.1. The van der Waals surface area contributed by atoms with E-state index in [4.69, 9.17) is 4.74 Å². The molecule has 1 rings (SSSR count). The molecule has 1 aliphatic carbocycles. The molecular weight excluding hydrogens is 210 g/mol. The number of carbonyl (C=O) groups excluding carboxylic acids is 1. The Bertz CT molecular complexity index is 203. The highest BCUT2D eigenvalue weighted by atomic mass is 32.2. The van der Waals surface area contributed by atoms with Crippen LogP contribution in [0.25, 0.3) is 0 Å². The lowest BCUT2D eigenvalue weighted by atomic mass is 9.88. The molecule has 0 spiro atoms. The van der Waals surface area contributed by atoms with Crippen LogP contribution >= 0.6 is 11.8 Å². The zero-order valence-electron chi connectivity index (χ0n) is 9.67. The Morgan fingerprint density at radius 1 is 1.40 bits per heavy atom. The molecule has 0 aromatic carbocycles. The number of ether oxygens (including phenoxy) is 1. The SMILES string of the molecule is CCOC(=O)NCC1(SC)CCCCC1. The van der Waals surface area contributed by atoms with Crippen LogP contribution in [0.3, 0.4) is 0 Å². The molecule has 1 saturated carbocycles. The summed E-state index contributed by atoms with van der Waals surface area (Å²) < 4.78 is 5.12. The molecule has 0 aromatic heterocycles. The van der Waals surface area contributed by atoms with Crippen molar-refractivity contribution in [1.29, 1.82) is 0 Å². The second-order valence-corrected chi connectivity index (χ2v) is 5.30. The van der Waals surface area contributed by atoms with Gasteiger partial charge < -0.3 is 10.1 Å². The molecule has 0 aliphatic heterocycles. The van der Waals surface area contributed by atoms with Crippen LogP contribution in [0, 0.1) is 0 Å². The van der Waals surface area contributed by atoms with E-state index >= 15 is 0 Å². The van der Waals surface area contributed by atoms with Gasteiger partial charge in [0.15, 0.2) is 0 Å². The maximum atomic E-state index is 11.2. The quantitative estimate of drug-likeness (QED) is 0.808. The van der Waals surface area contributed by atoms with Crippen LogP contribution in [0.15, 0.2) is 0 Å². The molecule has 0 saturated heterocycles. The molecule has 0 aromatic rings. The highest BCUT2D eigenvalue weighted by Crippen LogP contribution is 2.37. The molecule has 1 aliphatic rings. The first-order valence-corrected chi connectivity index (χ1v) is 6.91. The molecule has 0 heterocycles. The summed E-state index contributed by atoms with van der Waals surface area (Å²) in [6.45, 7) is 3.01. The van der Waals surface area contributed by atoms with Crippen LogP contribution in [0.1, 0.15) is 39.0 Å². The Morgan fingerprint density at radius 2 is 2.07 bits per heavy atom. The third kappa shape index (κ3) is 3.93. The Labute approximate surface area is 96.3 Å². The van der Waals surface area contributed by atoms with Gasteiger partial charge in [-0.1, -0.05) is 19.3 Å². The predicted octanol–water partition coefficient (Wildman–Crippen LogP) is 2.80. The van der Waals surface area contributed by atoms with Gasteiger partial charge in [-0.25, -0.2) is 4.79 Å². The molecule has 88 valence electrons. The average Bonchev–Trinajstić information content (AvgIpc) is 2.28. The second kappa shape index (κ2) is 6.26. The van der Waals surface area contributed by atoms with Crippen molar-refractivity contribution in [2.75, 3.05) is 19.4 Å². The summed E-state index contributed by atoms with van der Waals surface area (Å²) in [7, 11) is 0. The summed E-state index contributed by atoms with van der Waals surface area (Å²) in [5.41, 5.74) is 0. The minimum absolute atomic E-state index is 0.255. The Kier molecular flexibility index (Phi) is 5.29. The van der Waals surface area contributed by atoms with Crippen LogP contribution in [-0.2, 0) is 4.74 Å². The number of rotatable bonds is 4. The summed E-state index contributed by atoms with van der Waals surface area (Å²) in [6.07, 6.45) is 8.18. The zero-order valence-corrected chi connectivity index (χ0v) is 10.5. The summed E-state index contributed by atoms with van der Waals surface area (Å²) in [5.74, 6) is 0. The second-order valence-electron chi connectivity index (χ2n) is 4.02. The molecular formula is C11H21NO2S. The van der Waals surface area contributed by atoms with Crippen molar-refractivity contribution in [2.45, 2.75) is 43.8 Å². The fourth-order valence-corrected chi connectivity index (χ4v) is 2.98. The van der Waals surface area contributed by atoms with Gasteiger partial charge in [0.2, 0.25) is 0 Å². The minimum Gasteiger partial charge on any atom is -0.450 e. The van der Waals surface area contributed by atoms with Crippen molar-refractivity contribution in [3.63, 3.8) is 0 Å². The number of amides is 1. The molecule has 1 fully saturated rings. The fraction of sp³-hybridized carbons (Fsp3) is 0.909. The number of hydrogen-bond donors (Lipinski definition) is 1. The van der Waals surface area contributed by atoms with E-state index in [1.807, 2.05) is 18.7 Å². The van der Waals surface area contributed by atoms with Crippen LogP contribution < -0.4 is 5.32 Å². The lowest BCUT2D eigenvalue weighted by Gasteiger charge is -2.35. The lowest BCUT2D eigenvalue weighted by molar-refractivity contribution is 0.150.